The van der Waals surface area contributed by atoms with Gasteiger partial charge in [-0.3, -0.25) is 4.79 Å². The average molecular weight is 312 g/mol. The maximum Gasteiger partial charge on any atom is 0.255 e. The maximum atomic E-state index is 13.3. The van der Waals surface area contributed by atoms with Crippen molar-refractivity contribution in [2.45, 2.75) is 4.90 Å². The number of nitrogens with one attached hydrogen (secondary N) is 2. The zero-order chi connectivity index (χ0) is 15.5. The fraction of sp³-hybridized carbons (Fsp3) is 0. The van der Waals surface area contributed by atoms with E-state index in [0.717, 1.165) is 16.6 Å². The molecule has 0 fully saturated rings. The fourth-order valence-electron chi connectivity index (χ4n) is 1.92. The Hall–Kier alpha value is -2.85. The summed E-state index contributed by atoms with van der Waals surface area (Å²) in [7, 11) is 0. The van der Waals surface area contributed by atoms with Crippen LogP contribution in [0, 0.1) is 17.1 Å². The first-order chi connectivity index (χ1) is 10.7. The monoisotopic (exact) mass is 312 g/mol. The molecule has 0 radical (unpaired) electrons. The van der Waals surface area contributed by atoms with Crippen molar-refractivity contribution < 1.29 is 9.18 Å². The van der Waals surface area contributed by atoms with Crippen molar-refractivity contribution >= 4 is 35.6 Å². The minimum Gasteiger partial charge on any atom is -0.322 e. The molecule has 5 nitrogen and oxygen atoms in total. The maximum absolute atomic E-state index is 13.3. The van der Waals surface area contributed by atoms with Gasteiger partial charge in [0.1, 0.15) is 11.9 Å². The average Bonchev–Trinajstić information content (AvgIpc) is 2.56. The van der Waals surface area contributed by atoms with Crippen molar-refractivity contribution in [3.05, 3.63) is 53.3 Å². The van der Waals surface area contributed by atoms with Crippen molar-refractivity contribution in [3.8, 4) is 6.07 Å². The van der Waals surface area contributed by atoms with Crippen LogP contribution in [0.1, 0.15) is 15.9 Å². The molecule has 0 aromatic heterocycles. The van der Waals surface area contributed by atoms with E-state index in [0.29, 0.717) is 11.3 Å². The van der Waals surface area contributed by atoms with Crippen LogP contribution in [-0.2, 0) is 0 Å². The van der Waals surface area contributed by atoms with Crippen LogP contribution in [0.15, 0.2) is 46.3 Å². The number of carbonyl (C=O) groups is 1. The zero-order valence-electron chi connectivity index (χ0n) is 11.1. The summed E-state index contributed by atoms with van der Waals surface area (Å²) >= 11 is 1.36. The molecule has 1 heterocycles. The molecule has 0 spiro atoms. The molecule has 2 N–H and O–H groups in total. The van der Waals surface area contributed by atoms with Crippen molar-refractivity contribution in [1.82, 2.24) is 4.72 Å². The van der Waals surface area contributed by atoms with Crippen molar-refractivity contribution in [2.75, 3.05) is 5.32 Å². The Kier molecular flexibility index (Phi) is 3.76. The van der Waals surface area contributed by atoms with Gasteiger partial charge in [-0.25, -0.2) is 9.38 Å². The lowest BCUT2D eigenvalue weighted by Crippen LogP contribution is -2.13. The van der Waals surface area contributed by atoms with E-state index in [2.05, 4.69) is 15.0 Å². The molecule has 0 unspecified atom stereocenters. The van der Waals surface area contributed by atoms with Crippen molar-refractivity contribution in [2.24, 2.45) is 4.99 Å². The van der Waals surface area contributed by atoms with Gasteiger partial charge < -0.3 is 10.0 Å². The van der Waals surface area contributed by atoms with Crippen LogP contribution in [-0.4, -0.2) is 12.2 Å². The first-order valence-electron chi connectivity index (χ1n) is 6.27. The van der Waals surface area contributed by atoms with E-state index in [4.69, 9.17) is 5.26 Å². The van der Waals surface area contributed by atoms with Crippen molar-refractivity contribution in [3.63, 3.8) is 0 Å². The van der Waals surface area contributed by atoms with Crippen LogP contribution in [0.5, 0.6) is 0 Å². The first-order valence-corrected chi connectivity index (χ1v) is 7.09. The molecule has 22 heavy (non-hydrogen) atoms. The van der Waals surface area contributed by atoms with Crippen molar-refractivity contribution in [1.29, 1.82) is 5.26 Å². The van der Waals surface area contributed by atoms with Gasteiger partial charge in [-0.05, 0) is 48.3 Å². The number of amides is 1. The van der Waals surface area contributed by atoms with Crippen LogP contribution in [0.3, 0.4) is 0 Å². The Labute approximate surface area is 130 Å². The number of benzene rings is 2. The van der Waals surface area contributed by atoms with Gasteiger partial charge >= 0.3 is 0 Å². The number of nitrogens with zero attached hydrogens (tertiary/aromatic N) is 2. The summed E-state index contributed by atoms with van der Waals surface area (Å²) in [5.41, 5.74) is 1.49. The molecule has 1 amide bonds. The quantitative estimate of drug-likeness (QED) is 0.835. The third kappa shape index (κ3) is 2.77. The molecule has 1 aliphatic heterocycles. The second kappa shape index (κ2) is 5.87. The Morgan fingerprint density at radius 3 is 3.00 bits per heavy atom. The Bertz CT molecular complexity index is 829. The molecule has 2 aromatic carbocycles. The van der Waals surface area contributed by atoms with Gasteiger partial charge in [-0.2, -0.15) is 5.26 Å². The van der Waals surface area contributed by atoms with Gasteiger partial charge in [-0.1, -0.05) is 0 Å². The van der Waals surface area contributed by atoms with Crippen LogP contribution >= 0.6 is 11.9 Å². The lowest BCUT2D eigenvalue weighted by molar-refractivity contribution is 0.102. The predicted octanol–water partition coefficient (Wildman–Crippen LogP) is 3.22. The van der Waals surface area contributed by atoms with E-state index in [9.17, 15) is 9.18 Å². The molecule has 0 saturated carbocycles. The normalized spacial score (nSPS) is 12.0. The number of hydrogen-bond acceptors (Lipinski definition) is 5. The van der Waals surface area contributed by atoms with Gasteiger partial charge in [0, 0.05) is 11.3 Å². The topological polar surface area (TPSA) is 77.3 Å². The van der Waals surface area contributed by atoms with Gasteiger partial charge in [0.25, 0.3) is 5.91 Å². The van der Waals surface area contributed by atoms with E-state index in [1.54, 1.807) is 30.6 Å². The van der Waals surface area contributed by atoms with Crippen LogP contribution in [0.2, 0.25) is 0 Å². The summed E-state index contributed by atoms with van der Waals surface area (Å²) in [6.45, 7) is 0. The smallest absolute Gasteiger partial charge is 0.255 e. The SMILES string of the molecule is N#Cc1cc(NC(=O)c2ccc3c(c2)SNC=N3)ccc1F. The highest BCUT2D eigenvalue weighted by Crippen LogP contribution is 2.31. The first kappa shape index (κ1) is 14.1. The zero-order valence-corrected chi connectivity index (χ0v) is 11.9. The second-order valence-electron chi connectivity index (χ2n) is 4.42. The Morgan fingerprint density at radius 2 is 2.18 bits per heavy atom. The molecule has 1 aliphatic rings. The standard InChI is InChI=1S/C15H9FN4OS/c16-12-3-2-11(5-10(12)7-17)20-15(21)9-1-4-13-14(6-9)22-19-8-18-13/h1-6,8H,(H,18,19)(H,20,21). The number of halogens is 1. The lowest BCUT2D eigenvalue weighted by atomic mass is 10.1. The highest BCUT2D eigenvalue weighted by Gasteiger charge is 2.12. The number of aliphatic imine (C=N–C) groups is 1. The molecule has 3 rings (SSSR count). The van der Waals surface area contributed by atoms with E-state index in [-0.39, 0.29) is 11.5 Å². The van der Waals surface area contributed by atoms with Gasteiger partial charge in [-0.15, -0.1) is 0 Å². The van der Waals surface area contributed by atoms with E-state index in [1.165, 1.54) is 24.1 Å². The fourth-order valence-corrected chi connectivity index (χ4v) is 2.57. The highest BCUT2D eigenvalue weighted by molar-refractivity contribution is 7.98. The number of nitriles is 1. The van der Waals surface area contributed by atoms with Gasteiger partial charge in [0.05, 0.1) is 22.5 Å². The summed E-state index contributed by atoms with van der Waals surface area (Å²) in [6.07, 6.45) is 1.58. The molecule has 0 atom stereocenters. The number of anilines is 1. The third-order valence-corrected chi connectivity index (χ3v) is 3.76. The molecule has 0 saturated heterocycles. The Balaban J connectivity index is 1.83. The van der Waals surface area contributed by atoms with E-state index in [1.807, 2.05) is 0 Å². The number of fused-ring (bicyclic) bond motifs is 1. The van der Waals surface area contributed by atoms with E-state index >= 15 is 0 Å². The summed E-state index contributed by atoms with van der Waals surface area (Å²) in [5.74, 6) is -0.955. The molecular formula is C15H9FN4OS. The van der Waals surface area contributed by atoms with Crippen LogP contribution in [0.25, 0.3) is 0 Å². The van der Waals surface area contributed by atoms with Gasteiger partial charge in [0.15, 0.2) is 0 Å². The minimum atomic E-state index is -0.616. The third-order valence-electron chi connectivity index (χ3n) is 2.99. The summed E-state index contributed by atoms with van der Waals surface area (Å²) in [6, 6.07) is 10.7. The Morgan fingerprint density at radius 1 is 1.32 bits per heavy atom. The summed E-state index contributed by atoms with van der Waals surface area (Å²) < 4.78 is 16.2. The number of hydrogen-bond donors (Lipinski definition) is 2. The second-order valence-corrected chi connectivity index (χ2v) is 5.30. The molecule has 2 aromatic rings. The van der Waals surface area contributed by atoms with Gasteiger partial charge in [0.2, 0.25) is 0 Å². The lowest BCUT2D eigenvalue weighted by Gasteiger charge is -2.12. The molecular weight excluding hydrogens is 303 g/mol. The summed E-state index contributed by atoms with van der Waals surface area (Å²) in [4.78, 5) is 17.2. The summed E-state index contributed by atoms with van der Waals surface area (Å²) in [5, 5.41) is 11.4. The minimum absolute atomic E-state index is 0.114. The van der Waals surface area contributed by atoms with Crippen LogP contribution < -0.4 is 10.0 Å². The number of rotatable bonds is 2. The van der Waals surface area contributed by atoms with Crippen LogP contribution in [0.4, 0.5) is 15.8 Å². The number of carbonyl (C=O) groups excluding carboxylic acids is 1. The molecule has 0 aliphatic carbocycles. The molecule has 108 valence electrons. The van der Waals surface area contributed by atoms with E-state index < -0.39 is 5.82 Å². The molecule has 7 heteroatoms. The largest absolute Gasteiger partial charge is 0.322 e. The molecule has 0 bridgehead atoms. The predicted molar refractivity (Wildman–Crippen MR) is 82.7 cm³/mol. The highest BCUT2D eigenvalue weighted by atomic mass is 32.2.